The number of imidazole rings is 2. The summed E-state index contributed by atoms with van der Waals surface area (Å²) in [7, 11) is 0. The maximum Gasteiger partial charge on any atom is 0.248 e. The van der Waals surface area contributed by atoms with E-state index in [0.29, 0.717) is 29.1 Å². The maximum atomic E-state index is 11.5. The smallest absolute Gasteiger partial charge is 0.248 e. The van der Waals surface area contributed by atoms with Gasteiger partial charge in [-0.2, -0.15) is 0 Å². The lowest BCUT2D eigenvalue weighted by Gasteiger charge is -2.17. The largest absolute Gasteiger partial charge is 0.382 e. The third kappa shape index (κ3) is 3.49. The lowest BCUT2D eigenvalue weighted by atomic mass is 10.2. The molecule has 160 valence electrons. The van der Waals surface area contributed by atoms with Crippen molar-refractivity contribution in [3.05, 3.63) is 36.4 Å². The molecule has 0 aliphatic carbocycles. The second-order valence-corrected chi connectivity index (χ2v) is 8.61. The molecular weight excluding hydrogens is 416 g/mol. The number of nitrogens with zero attached hydrogens (tertiary/aromatic N) is 6. The van der Waals surface area contributed by atoms with Gasteiger partial charge in [0, 0.05) is 5.56 Å². The average molecular weight is 439 g/mol. The molecule has 0 saturated carbocycles. The summed E-state index contributed by atoms with van der Waals surface area (Å²) in [6.07, 6.45) is 4.72. The minimum absolute atomic E-state index is 0.00561. The highest BCUT2D eigenvalue weighted by Crippen LogP contribution is 2.33. The summed E-state index contributed by atoms with van der Waals surface area (Å²) in [5, 5.41) is 0.903. The Balaban J connectivity index is 1.41. The molecule has 0 spiro atoms. The molecule has 0 radical (unpaired) electrons. The van der Waals surface area contributed by atoms with Crippen molar-refractivity contribution in [3.8, 4) is 0 Å². The van der Waals surface area contributed by atoms with Crippen LogP contribution in [0.3, 0.4) is 0 Å². The highest BCUT2D eigenvalue weighted by molar-refractivity contribution is 7.99. The predicted octanol–water partition coefficient (Wildman–Crippen LogP) is 2.35. The number of amides is 1. The van der Waals surface area contributed by atoms with Gasteiger partial charge >= 0.3 is 0 Å². The first-order valence-electron chi connectivity index (χ1n) is 10.1. The zero-order chi connectivity index (χ0) is 21.5. The van der Waals surface area contributed by atoms with E-state index in [1.54, 1.807) is 30.2 Å². The van der Waals surface area contributed by atoms with Crippen LogP contribution >= 0.6 is 11.8 Å². The Morgan fingerprint density at radius 3 is 2.97 bits per heavy atom. The van der Waals surface area contributed by atoms with Gasteiger partial charge in [0.1, 0.15) is 18.1 Å². The van der Waals surface area contributed by atoms with Crippen molar-refractivity contribution in [2.24, 2.45) is 5.73 Å². The van der Waals surface area contributed by atoms with Gasteiger partial charge in [0.2, 0.25) is 5.91 Å². The fourth-order valence-electron chi connectivity index (χ4n) is 3.99. The number of primary amides is 1. The molecule has 31 heavy (non-hydrogen) atoms. The lowest BCUT2D eigenvalue weighted by Crippen LogP contribution is -2.18. The Bertz CT molecular complexity index is 1280. The van der Waals surface area contributed by atoms with E-state index in [4.69, 9.17) is 21.2 Å². The van der Waals surface area contributed by atoms with Gasteiger partial charge < -0.3 is 20.8 Å². The van der Waals surface area contributed by atoms with Crippen LogP contribution in [0.4, 0.5) is 5.82 Å². The van der Waals surface area contributed by atoms with Crippen LogP contribution in [-0.4, -0.2) is 46.8 Å². The third-order valence-corrected chi connectivity index (χ3v) is 6.30. The third-order valence-electron chi connectivity index (χ3n) is 5.44. The summed E-state index contributed by atoms with van der Waals surface area (Å²) >= 11 is 1.66. The van der Waals surface area contributed by atoms with Crippen LogP contribution in [-0.2, 0) is 11.3 Å². The van der Waals surface area contributed by atoms with Gasteiger partial charge in [-0.15, -0.1) is 0 Å². The van der Waals surface area contributed by atoms with Crippen molar-refractivity contribution < 1.29 is 9.53 Å². The molecule has 1 aliphatic rings. The number of aromatic nitrogens is 6. The van der Waals surface area contributed by atoms with Gasteiger partial charge in [0.25, 0.3) is 0 Å². The predicted molar refractivity (Wildman–Crippen MR) is 118 cm³/mol. The highest BCUT2D eigenvalue weighted by Gasteiger charge is 2.29. The van der Waals surface area contributed by atoms with E-state index >= 15 is 0 Å². The van der Waals surface area contributed by atoms with Crippen LogP contribution in [0.15, 0.2) is 36.0 Å². The van der Waals surface area contributed by atoms with Crippen LogP contribution in [0.5, 0.6) is 0 Å². The Morgan fingerprint density at radius 1 is 1.29 bits per heavy atom. The second-order valence-electron chi connectivity index (χ2n) is 7.38. The standard InChI is InChI=1S/C20H22N8O2S/c1-2-31-20-26-13-7-11(18(22)29)3-5-14(13)27(20)8-12-4-6-15(30-12)28-10-25-16-17(21)23-9-24-19(16)28/h3,5,7,9-10,12,15H,2,4,6,8H2,1H3,(H2,22,29)(H2,21,23,24). The van der Waals surface area contributed by atoms with Crippen molar-refractivity contribution in [2.75, 3.05) is 11.5 Å². The summed E-state index contributed by atoms with van der Waals surface area (Å²) in [4.78, 5) is 28.9. The molecule has 4 aromatic rings. The first-order valence-corrected chi connectivity index (χ1v) is 11.0. The molecule has 1 aliphatic heterocycles. The van der Waals surface area contributed by atoms with Gasteiger partial charge in [-0.3, -0.25) is 9.36 Å². The van der Waals surface area contributed by atoms with E-state index < -0.39 is 5.91 Å². The molecule has 3 aromatic heterocycles. The number of benzene rings is 1. The molecule has 1 fully saturated rings. The van der Waals surface area contributed by atoms with Gasteiger partial charge in [0.15, 0.2) is 16.6 Å². The normalized spacial score (nSPS) is 18.9. The second kappa shape index (κ2) is 7.82. The summed E-state index contributed by atoms with van der Waals surface area (Å²) in [6, 6.07) is 5.38. The van der Waals surface area contributed by atoms with Gasteiger partial charge in [-0.25, -0.2) is 19.9 Å². The van der Waals surface area contributed by atoms with Gasteiger partial charge in [-0.1, -0.05) is 18.7 Å². The van der Waals surface area contributed by atoms with E-state index in [9.17, 15) is 4.79 Å². The Hall–Kier alpha value is -3.18. The van der Waals surface area contributed by atoms with Crippen molar-refractivity contribution in [2.45, 2.75) is 43.8 Å². The molecule has 10 nitrogen and oxygen atoms in total. The zero-order valence-electron chi connectivity index (χ0n) is 16.9. The topological polar surface area (TPSA) is 140 Å². The quantitative estimate of drug-likeness (QED) is 0.437. The van der Waals surface area contributed by atoms with Gasteiger partial charge in [-0.05, 0) is 36.8 Å². The van der Waals surface area contributed by atoms with Crippen molar-refractivity contribution >= 4 is 45.7 Å². The average Bonchev–Trinajstić information content (AvgIpc) is 3.46. The van der Waals surface area contributed by atoms with Crippen LogP contribution in [0.25, 0.3) is 22.2 Å². The number of nitrogen functional groups attached to an aromatic ring is 1. The molecule has 1 amide bonds. The Kier molecular flexibility index (Phi) is 4.98. The summed E-state index contributed by atoms with van der Waals surface area (Å²) < 4.78 is 10.4. The summed E-state index contributed by atoms with van der Waals surface area (Å²) in [5.74, 6) is 0.794. The van der Waals surface area contributed by atoms with Crippen LogP contribution in [0.1, 0.15) is 36.4 Å². The highest BCUT2D eigenvalue weighted by atomic mass is 32.2. The van der Waals surface area contributed by atoms with E-state index in [0.717, 1.165) is 34.8 Å². The summed E-state index contributed by atoms with van der Waals surface area (Å²) in [6.45, 7) is 2.75. The van der Waals surface area contributed by atoms with E-state index in [2.05, 4.69) is 26.4 Å². The minimum Gasteiger partial charge on any atom is -0.382 e. The number of hydrogen-bond donors (Lipinski definition) is 2. The number of hydrogen-bond acceptors (Lipinski definition) is 8. The number of anilines is 1. The van der Waals surface area contributed by atoms with E-state index in [-0.39, 0.29) is 12.3 Å². The zero-order valence-corrected chi connectivity index (χ0v) is 17.7. The number of rotatable bonds is 6. The van der Waals surface area contributed by atoms with E-state index in [1.165, 1.54) is 6.33 Å². The van der Waals surface area contributed by atoms with Crippen molar-refractivity contribution in [1.82, 2.24) is 29.1 Å². The van der Waals surface area contributed by atoms with Gasteiger partial charge in [0.05, 0.1) is 30.0 Å². The fourth-order valence-corrected chi connectivity index (χ4v) is 4.74. The molecule has 1 saturated heterocycles. The summed E-state index contributed by atoms with van der Waals surface area (Å²) in [5.41, 5.74) is 14.8. The molecule has 4 heterocycles. The molecule has 5 rings (SSSR count). The number of fused-ring (bicyclic) bond motifs is 2. The van der Waals surface area contributed by atoms with Crippen LogP contribution in [0, 0.1) is 0 Å². The first-order chi connectivity index (χ1) is 15.0. The maximum absolute atomic E-state index is 11.5. The molecule has 2 unspecified atom stereocenters. The SMILES string of the molecule is CCSc1nc2cc(C(N)=O)ccc2n1CC1CCC(n2cnc3c(N)ncnc32)O1. The number of carbonyl (C=O) groups excluding carboxylic acids is 1. The number of ether oxygens (including phenoxy) is 1. The van der Waals surface area contributed by atoms with Crippen LogP contribution < -0.4 is 11.5 Å². The number of carbonyl (C=O) groups is 1. The molecule has 2 atom stereocenters. The minimum atomic E-state index is -0.458. The Labute approximate surface area is 182 Å². The van der Waals surface area contributed by atoms with Crippen molar-refractivity contribution in [1.29, 1.82) is 0 Å². The monoisotopic (exact) mass is 438 g/mol. The first kappa shape index (κ1) is 19.8. The van der Waals surface area contributed by atoms with Crippen molar-refractivity contribution in [3.63, 3.8) is 0 Å². The Morgan fingerprint density at radius 2 is 2.16 bits per heavy atom. The molecule has 11 heteroatoms. The molecular formula is C20H22N8O2S. The number of nitrogens with two attached hydrogens (primary N) is 2. The van der Waals surface area contributed by atoms with Crippen LogP contribution in [0.2, 0.25) is 0 Å². The fraction of sp³-hybridized carbons (Fsp3) is 0.350. The lowest BCUT2D eigenvalue weighted by molar-refractivity contribution is -0.00362. The molecule has 4 N–H and O–H groups in total. The molecule has 1 aromatic carbocycles. The molecule has 0 bridgehead atoms. The number of thioether (sulfide) groups is 1. The van der Waals surface area contributed by atoms with E-state index in [1.807, 2.05) is 10.6 Å².